The third-order valence-electron chi connectivity index (χ3n) is 3.72. The fourth-order valence-electron chi connectivity index (χ4n) is 2.72. The van der Waals surface area contributed by atoms with Crippen LogP contribution >= 0.6 is 0 Å². The van der Waals surface area contributed by atoms with Crippen molar-refractivity contribution in [2.75, 3.05) is 19.8 Å². The second-order valence-electron chi connectivity index (χ2n) is 4.93. The lowest BCUT2D eigenvalue weighted by molar-refractivity contribution is -0.147. The Kier molecular flexibility index (Phi) is 3.99. The van der Waals surface area contributed by atoms with Gasteiger partial charge in [-0.2, -0.15) is 0 Å². The fraction of sp³-hybridized carbons (Fsp3) is 0.833. The highest BCUT2D eigenvalue weighted by molar-refractivity contribution is 5.87. The zero-order valence-corrected chi connectivity index (χ0v) is 10.1. The highest BCUT2D eigenvalue weighted by Gasteiger charge is 2.32. The van der Waals surface area contributed by atoms with Crippen LogP contribution in [0.5, 0.6) is 0 Å². The van der Waals surface area contributed by atoms with Crippen LogP contribution in [-0.2, 0) is 14.3 Å². The molecule has 0 aromatic heterocycles. The molecule has 2 N–H and O–H groups in total. The smallest absolute Gasteiger partial charge is 0.242 e. The number of ether oxygens (including phenoxy) is 1. The van der Waals surface area contributed by atoms with Gasteiger partial charge in [-0.3, -0.25) is 9.59 Å². The Bertz CT molecular complexity index is 300. The second-order valence-corrected chi connectivity index (χ2v) is 4.93. The maximum Gasteiger partial charge on any atom is 0.242 e. The molecule has 2 aliphatic rings. The molecule has 1 unspecified atom stereocenters. The first-order chi connectivity index (χ1) is 8.18. The molecule has 2 amide bonds. The summed E-state index contributed by atoms with van der Waals surface area (Å²) in [5.41, 5.74) is 5.29. The van der Waals surface area contributed by atoms with E-state index in [2.05, 4.69) is 0 Å². The maximum atomic E-state index is 12.1. The van der Waals surface area contributed by atoms with Crippen molar-refractivity contribution in [3.8, 4) is 0 Å². The van der Waals surface area contributed by atoms with Crippen LogP contribution in [0.25, 0.3) is 0 Å². The van der Waals surface area contributed by atoms with Crippen molar-refractivity contribution in [1.82, 2.24) is 4.90 Å². The van der Waals surface area contributed by atoms with E-state index in [4.69, 9.17) is 10.5 Å². The van der Waals surface area contributed by atoms with Gasteiger partial charge in [-0.1, -0.05) is 12.8 Å². The molecule has 5 nitrogen and oxygen atoms in total. The van der Waals surface area contributed by atoms with Crippen molar-refractivity contribution in [1.29, 1.82) is 0 Å². The number of hydrogen-bond donors (Lipinski definition) is 1. The molecular formula is C12H20N2O3. The van der Waals surface area contributed by atoms with Crippen LogP contribution < -0.4 is 5.73 Å². The van der Waals surface area contributed by atoms with E-state index in [1.807, 2.05) is 0 Å². The molecule has 0 aromatic rings. The van der Waals surface area contributed by atoms with E-state index in [1.165, 1.54) is 12.8 Å². The number of morpholine rings is 1. The van der Waals surface area contributed by atoms with Gasteiger partial charge >= 0.3 is 0 Å². The predicted molar refractivity (Wildman–Crippen MR) is 62.1 cm³/mol. The standard InChI is InChI=1S/C12H20N2O3/c13-12(16)10-8-17-6-5-14(10)11(15)7-9-3-1-2-4-9/h9-10H,1-8H2,(H2,13,16). The number of primary amides is 1. The van der Waals surface area contributed by atoms with E-state index in [0.717, 1.165) is 12.8 Å². The van der Waals surface area contributed by atoms with Crippen LogP contribution in [0.2, 0.25) is 0 Å². The monoisotopic (exact) mass is 240 g/mol. The normalized spacial score (nSPS) is 26.1. The van der Waals surface area contributed by atoms with Gasteiger partial charge in [0.15, 0.2) is 0 Å². The lowest BCUT2D eigenvalue weighted by atomic mass is 10.0. The number of nitrogens with two attached hydrogens (primary N) is 1. The van der Waals surface area contributed by atoms with Gasteiger partial charge in [0, 0.05) is 13.0 Å². The van der Waals surface area contributed by atoms with Gasteiger partial charge in [0.05, 0.1) is 13.2 Å². The molecule has 2 rings (SSSR count). The second kappa shape index (κ2) is 5.49. The van der Waals surface area contributed by atoms with Crippen molar-refractivity contribution >= 4 is 11.8 Å². The van der Waals surface area contributed by atoms with Crippen LogP contribution in [0, 0.1) is 5.92 Å². The third-order valence-corrected chi connectivity index (χ3v) is 3.72. The first-order valence-corrected chi connectivity index (χ1v) is 6.35. The molecule has 0 radical (unpaired) electrons. The van der Waals surface area contributed by atoms with E-state index in [0.29, 0.717) is 25.5 Å². The molecule has 1 atom stereocenters. The lowest BCUT2D eigenvalue weighted by Crippen LogP contribution is -2.54. The van der Waals surface area contributed by atoms with Crippen LogP contribution in [-0.4, -0.2) is 42.5 Å². The summed E-state index contributed by atoms with van der Waals surface area (Å²) in [6.45, 7) is 1.23. The first-order valence-electron chi connectivity index (χ1n) is 6.35. The van der Waals surface area contributed by atoms with Crippen molar-refractivity contribution in [3.05, 3.63) is 0 Å². The van der Waals surface area contributed by atoms with Gasteiger partial charge in [-0.15, -0.1) is 0 Å². The molecule has 1 aliphatic carbocycles. The molecule has 1 saturated carbocycles. The molecule has 17 heavy (non-hydrogen) atoms. The predicted octanol–water partition coefficient (Wildman–Crippen LogP) is 0.279. The minimum atomic E-state index is -0.572. The number of hydrogen-bond acceptors (Lipinski definition) is 3. The molecule has 0 spiro atoms. The largest absolute Gasteiger partial charge is 0.377 e. The highest BCUT2D eigenvalue weighted by atomic mass is 16.5. The van der Waals surface area contributed by atoms with Gasteiger partial charge < -0.3 is 15.4 Å². The minimum absolute atomic E-state index is 0.0593. The Morgan fingerprint density at radius 2 is 2.00 bits per heavy atom. The number of carbonyl (C=O) groups excluding carboxylic acids is 2. The topological polar surface area (TPSA) is 72.6 Å². The van der Waals surface area contributed by atoms with E-state index in [-0.39, 0.29) is 12.5 Å². The minimum Gasteiger partial charge on any atom is -0.377 e. The first kappa shape index (κ1) is 12.4. The van der Waals surface area contributed by atoms with Gasteiger partial charge in [0.25, 0.3) is 0 Å². The van der Waals surface area contributed by atoms with Crippen LogP contribution in [0.15, 0.2) is 0 Å². The lowest BCUT2D eigenvalue weighted by Gasteiger charge is -2.34. The summed E-state index contributed by atoms with van der Waals surface area (Å²) in [6.07, 6.45) is 5.28. The Balaban J connectivity index is 1.93. The Morgan fingerprint density at radius 3 is 2.65 bits per heavy atom. The summed E-state index contributed by atoms with van der Waals surface area (Å²) in [5, 5.41) is 0. The van der Waals surface area contributed by atoms with Gasteiger partial charge in [0.1, 0.15) is 6.04 Å². The molecular weight excluding hydrogens is 220 g/mol. The van der Waals surface area contributed by atoms with E-state index in [9.17, 15) is 9.59 Å². The van der Waals surface area contributed by atoms with Crippen LogP contribution in [0.3, 0.4) is 0 Å². The van der Waals surface area contributed by atoms with Crippen molar-refractivity contribution in [2.45, 2.75) is 38.1 Å². The average molecular weight is 240 g/mol. The van der Waals surface area contributed by atoms with Gasteiger partial charge in [0.2, 0.25) is 11.8 Å². The molecule has 96 valence electrons. The molecule has 1 heterocycles. The van der Waals surface area contributed by atoms with Crippen LogP contribution in [0.1, 0.15) is 32.1 Å². The van der Waals surface area contributed by atoms with Crippen molar-refractivity contribution in [3.63, 3.8) is 0 Å². The average Bonchev–Trinajstić information content (AvgIpc) is 2.81. The number of nitrogens with zero attached hydrogens (tertiary/aromatic N) is 1. The molecule has 1 saturated heterocycles. The van der Waals surface area contributed by atoms with Gasteiger partial charge in [-0.25, -0.2) is 0 Å². The Labute approximate surface area is 101 Å². The summed E-state index contributed by atoms with van der Waals surface area (Å²) >= 11 is 0. The molecule has 5 heteroatoms. The van der Waals surface area contributed by atoms with Crippen molar-refractivity contribution in [2.24, 2.45) is 11.7 Å². The summed E-state index contributed by atoms with van der Waals surface area (Å²) in [6, 6.07) is -0.572. The van der Waals surface area contributed by atoms with E-state index < -0.39 is 11.9 Å². The highest BCUT2D eigenvalue weighted by Crippen LogP contribution is 2.28. The summed E-state index contributed by atoms with van der Waals surface area (Å²) in [4.78, 5) is 25.0. The Morgan fingerprint density at radius 1 is 1.29 bits per heavy atom. The quantitative estimate of drug-likeness (QED) is 0.770. The molecule has 0 bridgehead atoms. The van der Waals surface area contributed by atoms with Crippen LogP contribution in [0.4, 0.5) is 0 Å². The summed E-state index contributed by atoms with van der Waals surface area (Å²) < 4.78 is 5.20. The number of rotatable bonds is 3. The zero-order chi connectivity index (χ0) is 12.3. The SMILES string of the molecule is NC(=O)C1COCCN1C(=O)CC1CCCC1. The number of amides is 2. The summed E-state index contributed by atoms with van der Waals surface area (Å²) in [5.74, 6) is 0.0901. The molecule has 2 fully saturated rings. The third kappa shape index (κ3) is 2.97. The molecule has 1 aliphatic heterocycles. The zero-order valence-electron chi connectivity index (χ0n) is 10.1. The van der Waals surface area contributed by atoms with Gasteiger partial charge in [-0.05, 0) is 18.8 Å². The molecule has 0 aromatic carbocycles. The van der Waals surface area contributed by atoms with E-state index in [1.54, 1.807) is 4.90 Å². The maximum absolute atomic E-state index is 12.1. The number of carbonyl (C=O) groups is 2. The Hall–Kier alpha value is -1.10. The summed E-state index contributed by atoms with van der Waals surface area (Å²) in [7, 11) is 0. The fourth-order valence-corrected chi connectivity index (χ4v) is 2.72. The van der Waals surface area contributed by atoms with Crippen molar-refractivity contribution < 1.29 is 14.3 Å². The van der Waals surface area contributed by atoms with E-state index >= 15 is 0 Å².